The standard InChI is InChI=1S/C32H37N4S.C20H20N2O3S/c1-5-20-35(22-13-21-33(2)3)31-23-25(24-32-34(4)29-18-11-12-19-30(29)37-32)27-16-9-10-17-28(27)36(31)26-14-7-6-8-15-26;1-21(2)18-11-8-16(9-12-18)7-10-17-13-14-22(15-26(23,24)25)20-6-4-3-5-19(17)20/h6-12,14-19,23-24H,5,13,20-22H2,1-4H3;3-14H,15H2,1-2H3/q+1;. The summed E-state index contributed by atoms with van der Waals surface area (Å²) in [5.74, 6) is 0.671. The second-order valence-corrected chi connectivity index (χ2v) is 18.6. The van der Waals surface area contributed by atoms with Gasteiger partial charge in [-0.05, 0) is 98.2 Å². The fourth-order valence-electron chi connectivity index (χ4n) is 7.89. The van der Waals surface area contributed by atoms with Gasteiger partial charge in [0.2, 0.25) is 11.4 Å². The second-order valence-electron chi connectivity index (χ2n) is 16.2. The van der Waals surface area contributed by atoms with Crippen molar-refractivity contribution in [1.29, 1.82) is 0 Å². The Bertz CT molecular complexity index is 2840. The van der Waals surface area contributed by atoms with Crippen LogP contribution in [0.4, 0.5) is 17.2 Å². The molecule has 0 fully saturated rings. The third kappa shape index (κ3) is 11.2. The van der Waals surface area contributed by atoms with E-state index in [2.05, 4.69) is 150 Å². The summed E-state index contributed by atoms with van der Waals surface area (Å²) in [6, 6.07) is 48.1. The quantitative estimate of drug-likeness (QED) is 0.0790. The minimum absolute atomic E-state index is 0.580. The summed E-state index contributed by atoms with van der Waals surface area (Å²) in [7, 11) is 6.12. The van der Waals surface area contributed by atoms with Gasteiger partial charge in [-0.25, -0.2) is 8.42 Å². The first-order chi connectivity index (χ1) is 30.4. The smallest absolute Gasteiger partial charge is 0.282 e. The first-order valence-corrected chi connectivity index (χ1v) is 23.7. The molecule has 8 rings (SSSR count). The van der Waals surface area contributed by atoms with Crippen LogP contribution in [0.25, 0.3) is 45.7 Å². The Kier molecular flexibility index (Phi) is 14.6. The lowest BCUT2D eigenvalue weighted by atomic mass is 10.1. The van der Waals surface area contributed by atoms with Crippen LogP contribution < -0.4 is 23.8 Å². The van der Waals surface area contributed by atoms with Crippen LogP contribution in [0.1, 0.15) is 36.5 Å². The molecule has 0 N–H and O–H groups in total. The van der Waals surface area contributed by atoms with Crippen molar-refractivity contribution in [2.45, 2.75) is 30.5 Å². The van der Waals surface area contributed by atoms with Gasteiger partial charge in [0.15, 0.2) is 16.3 Å². The van der Waals surface area contributed by atoms with E-state index in [4.69, 9.17) is 0 Å². The predicted molar refractivity (Wildman–Crippen MR) is 263 cm³/mol. The van der Waals surface area contributed by atoms with E-state index in [0.29, 0.717) is 5.52 Å². The molecule has 11 heteroatoms. The van der Waals surface area contributed by atoms with E-state index >= 15 is 0 Å². The molecule has 324 valence electrons. The Morgan fingerprint density at radius 1 is 0.714 bits per heavy atom. The number of benzene rings is 5. The van der Waals surface area contributed by atoms with E-state index in [1.807, 2.05) is 85.4 Å². The number of hydrogen-bond donors (Lipinski definition) is 0. The molecule has 0 aliphatic carbocycles. The molecular formula is C52H57N6O3S2+. The summed E-state index contributed by atoms with van der Waals surface area (Å²) < 4.78 is 37.3. The largest absolute Gasteiger partial charge is 0.743 e. The average Bonchev–Trinajstić information content (AvgIpc) is 3.59. The van der Waals surface area contributed by atoms with Gasteiger partial charge in [0, 0.05) is 61.9 Å². The fraction of sp³-hybridized carbons (Fsp3) is 0.231. The first-order valence-electron chi connectivity index (χ1n) is 21.4. The Morgan fingerprint density at radius 2 is 1.37 bits per heavy atom. The Labute approximate surface area is 377 Å². The van der Waals surface area contributed by atoms with E-state index in [0.717, 1.165) is 54.7 Å². The Morgan fingerprint density at radius 3 is 2.03 bits per heavy atom. The molecule has 1 aliphatic rings. The number of rotatable bonds is 14. The SMILES string of the molecule is CCCN(CCCN(C)C)c1cc(C=C2Sc3ccccc3N2C)c2ccccc2[n+]1-c1ccccc1.CN(C)c1ccc(/C=C/c2cc[n+](CS(=O)(=O)[O-])c3ccccc23)cc1. The molecule has 0 bridgehead atoms. The molecular weight excluding hydrogens is 821 g/mol. The maximum atomic E-state index is 11.1. The number of nitrogens with zero attached hydrogens (tertiary/aromatic N) is 6. The van der Waals surface area contributed by atoms with Crippen LogP contribution in [-0.4, -0.2) is 72.7 Å². The van der Waals surface area contributed by atoms with Crippen LogP contribution >= 0.6 is 11.8 Å². The molecule has 9 nitrogen and oxygen atoms in total. The number of aromatic nitrogens is 2. The molecule has 5 aromatic carbocycles. The van der Waals surface area contributed by atoms with Gasteiger partial charge in [0.1, 0.15) is 11.2 Å². The van der Waals surface area contributed by atoms with Crippen LogP contribution in [0.3, 0.4) is 0 Å². The van der Waals surface area contributed by atoms with Crippen molar-refractivity contribution < 1.29 is 22.1 Å². The summed E-state index contributed by atoms with van der Waals surface area (Å²) in [5, 5.41) is 3.40. The van der Waals surface area contributed by atoms with Gasteiger partial charge in [-0.1, -0.05) is 104 Å². The molecule has 0 saturated carbocycles. The maximum absolute atomic E-state index is 11.1. The highest BCUT2D eigenvalue weighted by molar-refractivity contribution is 8.03. The lowest BCUT2D eigenvalue weighted by Gasteiger charge is -2.22. The van der Waals surface area contributed by atoms with Gasteiger partial charge in [0.25, 0.3) is 5.82 Å². The van der Waals surface area contributed by atoms with E-state index in [-0.39, 0.29) is 0 Å². The molecule has 0 spiro atoms. The van der Waals surface area contributed by atoms with Gasteiger partial charge in [0.05, 0.1) is 29.2 Å². The molecule has 0 unspecified atom stereocenters. The number of pyridine rings is 2. The molecule has 0 atom stereocenters. The highest BCUT2D eigenvalue weighted by Crippen LogP contribution is 2.46. The zero-order valence-electron chi connectivity index (χ0n) is 37.1. The zero-order valence-corrected chi connectivity index (χ0v) is 38.7. The second kappa shape index (κ2) is 20.5. The molecule has 1 aliphatic heterocycles. The summed E-state index contributed by atoms with van der Waals surface area (Å²) in [4.78, 5) is 10.5. The topological polar surface area (TPSA) is 77.9 Å². The average molecular weight is 878 g/mol. The van der Waals surface area contributed by atoms with Crippen LogP contribution in [0.5, 0.6) is 0 Å². The molecule has 7 aromatic rings. The lowest BCUT2D eigenvalue weighted by molar-refractivity contribution is -0.651. The summed E-state index contributed by atoms with van der Waals surface area (Å²) in [5.41, 5.74) is 8.82. The Balaban J connectivity index is 0.000000201. The third-order valence-electron chi connectivity index (χ3n) is 11.0. The van der Waals surface area contributed by atoms with E-state index in [9.17, 15) is 13.0 Å². The summed E-state index contributed by atoms with van der Waals surface area (Å²) in [6.07, 6.45) is 10.2. The van der Waals surface area contributed by atoms with E-state index in [1.54, 1.807) is 6.20 Å². The molecule has 0 radical (unpaired) electrons. The van der Waals surface area contributed by atoms with Crippen molar-refractivity contribution in [2.75, 3.05) is 69.6 Å². The van der Waals surface area contributed by atoms with Crippen molar-refractivity contribution in [3.05, 3.63) is 167 Å². The van der Waals surface area contributed by atoms with E-state index < -0.39 is 16.0 Å². The van der Waals surface area contributed by atoms with Crippen molar-refractivity contribution in [3.63, 3.8) is 0 Å². The van der Waals surface area contributed by atoms with Crippen molar-refractivity contribution in [1.82, 2.24) is 4.90 Å². The van der Waals surface area contributed by atoms with Crippen molar-refractivity contribution >= 4 is 79.1 Å². The molecule has 3 heterocycles. The zero-order chi connectivity index (χ0) is 44.5. The fourth-order valence-corrected chi connectivity index (χ4v) is 9.56. The maximum Gasteiger partial charge on any atom is 0.282 e. The van der Waals surface area contributed by atoms with Crippen LogP contribution in [0, 0.1) is 0 Å². The van der Waals surface area contributed by atoms with Crippen LogP contribution in [0.2, 0.25) is 0 Å². The van der Waals surface area contributed by atoms with Crippen molar-refractivity contribution in [3.8, 4) is 5.69 Å². The van der Waals surface area contributed by atoms with Crippen LogP contribution in [0.15, 0.2) is 156 Å². The van der Waals surface area contributed by atoms with Gasteiger partial charge in [-0.2, -0.15) is 9.13 Å². The number of fused-ring (bicyclic) bond motifs is 3. The molecule has 2 aromatic heterocycles. The number of hydrogen-bond acceptors (Lipinski definition) is 8. The third-order valence-corrected chi connectivity index (χ3v) is 12.8. The normalized spacial score (nSPS) is 13.2. The minimum Gasteiger partial charge on any atom is -0.743 e. The van der Waals surface area contributed by atoms with Crippen molar-refractivity contribution in [2.24, 2.45) is 0 Å². The monoisotopic (exact) mass is 877 g/mol. The minimum atomic E-state index is -4.36. The van der Waals surface area contributed by atoms with Gasteiger partial charge in [-0.15, -0.1) is 0 Å². The molecule has 0 amide bonds. The Hall–Kier alpha value is -5.98. The lowest BCUT2D eigenvalue weighted by Crippen LogP contribution is -2.42. The first kappa shape index (κ1) is 45.1. The molecule has 0 saturated heterocycles. The summed E-state index contributed by atoms with van der Waals surface area (Å²) in [6.45, 7) is 5.40. The van der Waals surface area contributed by atoms with E-state index in [1.165, 1.54) is 48.2 Å². The van der Waals surface area contributed by atoms with Gasteiger partial charge < -0.3 is 19.3 Å². The highest BCUT2D eigenvalue weighted by atomic mass is 32.2. The molecule has 63 heavy (non-hydrogen) atoms. The predicted octanol–water partition coefficient (Wildman–Crippen LogP) is 9.69. The number of anilines is 3. The van der Waals surface area contributed by atoms with Gasteiger partial charge >= 0.3 is 0 Å². The van der Waals surface area contributed by atoms with Crippen LogP contribution in [-0.2, 0) is 16.0 Å². The summed E-state index contributed by atoms with van der Waals surface area (Å²) >= 11 is 1.85. The highest BCUT2D eigenvalue weighted by Gasteiger charge is 2.26. The van der Waals surface area contributed by atoms with Gasteiger partial charge in [-0.3, -0.25) is 4.90 Å². The number of para-hydroxylation sites is 4. The number of thioether (sulfide) groups is 1.